The molecule has 0 unspecified atom stereocenters. The molecule has 2 amide bonds. The zero-order valence-corrected chi connectivity index (χ0v) is 19.4. The Morgan fingerprint density at radius 1 is 1.23 bits per heavy atom. The van der Waals surface area contributed by atoms with Gasteiger partial charge >= 0.3 is 6.09 Å². The Labute approximate surface area is 184 Å². The number of aliphatic hydroxyl groups excluding tert-OH is 1. The van der Waals surface area contributed by atoms with Gasteiger partial charge in [0.25, 0.3) is 0 Å². The van der Waals surface area contributed by atoms with E-state index in [4.69, 9.17) is 4.74 Å². The number of aliphatic hydroxyl groups is 1. The van der Waals surface area contributed by atoms with Crippen LogP contribution in [0.1, 0.15) is 51.2 Å². The lowest BCUT2D eigenvalue weighted by Gasteiger charge is -2.26. The van der Waals surface area contributed by atoms with Gasteiger partial charge in [-0.2, -0.15) is 0 Å². The molecule has 3 heterocycles. The van der Waals surface area contributed by atoms with Crippen LogP contribution in [0, 0.1) is 11.8 Å². The van der Waals surface area contributed by atoms with E-state index < -0.39 is 24.0 Å². The van der Waals surface area contributed by atoms with Crippen LogP contribution in [0.3, 0.4) is 0 Å². The monoisotopic (exact) mass is 449 g/mol. The first-order chi connectivity index (χ1) is 14.2. The van der Waals surface area contributed by atoms with Crippen molar-refractivity contribution in [3.63, 3.8) is 0 Å². The fourth-order valence-electron chi connectivity index (χ4n) is 3.04. The molecule has 0 aromatic carbocycles. The molecule has 162 valence electrons. The van der Waals surface area contributed by atoms with Gasteiger partial charge in [0.2, 0.25) is 5.91 Å². The van der Waals surface area contributed by atoms with Crippen LogP contribution in [0.15, 0.2) is 16.8 Å². The summed E-state index contributed by atoms with van der Waals surface area (Å²) in [7, 11) is 0. The fraction of sp³-hybridized carbons (Fsp3) is 0.524. The largest absolute Gasteiger partial charge is 0.447 e. The SMILES string of the molecule is CC(C)c1nc(-c2nc(/C=C/[C@H](O)[C@H](C)C(=O)N3C(=O)OC[C@@H]3C(C)C)cs2)cs1. The van der Waals surface area contributed by atoms with E-state index in [1.165, 1.54) is 17.4 Å². The number of carbonyl (C=O) groups is 2. The highest BCUT2D eigenvalue weighted by molar-refractivity contribution is 7.14. The van der Waals surface area contributed by atoms with Crippen molar-refractivity contribution in [2.75, 3.05) is 6.61 Å². The van der Waals surface area contributed by atoms with Crippen molar-refractivity contribution in [1.29, 1.82) is 0 Å². The van der Waals surface area contributed by atoms with Crippen molar-refractivity contribution in [3.8, 4) is 10.7 Å². The summed E-state index contributed by atoms with van der Waals surface area (Å²) in [6.45, 7) is 9.87. The van der Waals surface area contributed by atoms with E-state index in [0.717, 1.165) is 20.6 Å². The van der Waals surface area contributed by atoms with Crippen molar-refractivity contribution in [2.45, 2.75) is 52.7 Å². The molecule has 2 aromatic rings. The number of cyclic esters (lactones) is 1. The predicted molar refractivity (Wildman–Crippen MR) is 118 cm³/mol. The van der Waals surface area contributed by atoms with Crippen molar-refractivity contribution < 1.29 is 19.4 Å². The Morgan fingerprint density at radius 2 is 1.97 bits per heavy atom. The summed E-state index contributed by atoms with van der Waals surface area (Å²) in [5.41, 5.74) is 1.54. The van der Waals surface area contributed by atoms with Crippen molar-refractivity contribution in [3.05, 3.63) is 27.5 Å². The Hall–Kier alpha value is -2.10. The number of ether oxygens (including phenoxy) is 1. The van der Waals surface area contributed by atoms with Crippen molar-refractivity contribution >= 4 is 40.8 Å². The molecule has 1 aliphatic heterocycles. The molecule has 0 aliphatic carbocycles. The quantitative estimate of drug-likeness (QED) is 0.673. The maximum Gasteiger partial charge on any atom is 0.416 e. The molecule has 1 fully saturated rings. The molecule has 0 radical (unpaired) electrons. The normalized spacial score (nSPS) is 19.1. The van der Waals surface area contributed by atoms with E-state index in [1.54, 1.807) is 24.3 Å². The lowest BCUT2D eigenvalue weighted by molar-refractivity contribution is -0.136. The first-order valence-corrected chi connectivity index (χ1v) is 11.7. The lowest BCUT2D eigenvalue weighted by Crippen LogP contribution is -2.46. The number of amides is 2. The highest BCUT2D eigenvalue weighted by atomic mass is 32.1. The van der Waals surface area contributed by atoms with Crippen LogP contribution >= 0.6 is 22.7 Å². The van der Waals surface area contributed by atoms with Gasteiger partial charge in [0.05, 0.1) is 28.8 Å². The highest BCUT2D eigenvalue weighted by Gasteiger charge is 2.42. The standard InChI is InChI=1S/C21H27N3O4S2/c1-11(2)16-8-28-21(27)24(16)20(26)13(5)17(25)7-6-14-9-29-19(22-14)15-10-30-18(23-15)12(3)4/h6-7,9-13,16-17,25H,8H2,1-5H3/b7-6+/t13-,16+,17-/m0/s1. The molecule has 1 aliphatic rings. The van der Waals surface area contributed by atoms with Crippen LogP contribution in [0.5, 0.6) is 0 Å². The summed E-state index contributed by atoms with van der Waals surface area (Å²) in [6.07, 6.45) is 1.53. The molecule has 0 saturated carbocycles. The third-order valence-corrected chi connectivity index (χ3v) is 7.06. The van der Waals surface area contributed by atoms with Gasteiger partial charge in [0.15, 0.2) is 0 Å². The zero-order valence-electron chi connectivity index (χ0n) is 17.7. The summed E-state index contributed by atoms with van der Waals surface area (Å²) in [5, 5.41) is 16.3. The van der Waals surface area contributed by atoms with Crippen LogP contribution in [0.25, 0.3) is 16.8 Å². The number of hydrogen-bond acceptors (Lipinski definition) is 8. The first-order valence-electron chi connectivity index (χ1n) is 9.96. The molecule has 3 rings (SSSR count). The first kappa shape index (κ1) is 22.6. The molecule has 30 heavy (non-hydrogen) atoms. The number of imide groups is 1. The molecule has 1 saturated heterocycles. The Balaban J connectivity index is 1.66. The number of nitrogens with zero attached hydrogens (tertiary/aromatic N) is 3. The molecule has 7 nitrogen and oxygen atoms in total. The van der Waals surface area contributed by atoms with Crippen LogP contribution in [-0.2, 0) is 9.53 Å². The third-order valence-electron chi connectivity index (χ3n) is 5.04. The second-order valence-electron chi connectivity index (χ2n) is 8.04. The van der Waals surface area contributed by atoms with Gasteiger partial charge in [0.1, 0.15) is 17.3 Å². The molecule has 9 heteroatoms. The number of aromatic nitrogens is 2. The minimum absolute atomic E-state index is 0.0793. The van der Waals surface area contributed by atoms with Crippen molar-refractivity contribution in [1.82, 2.24) is 14.9 Å². The molecule has 0 bridgehead atoms. The van der Waals surface area contributed by atoms with Gasteiger partial charge in [-0.15, -0.1) is 22.7 Å². The molecule has 2 aromatic heterocycles. The van der Waals surface area contributed by atoms with Gasteiger partial charge < -0.3 is 9.84 Å². The molecular formula is C21H27N3O4S2. The minimum atomic E-state index is -1.05. The maximum absolute atomic E-state index is 12.8. The minimum Gasteiger partial charge on any atom is -0.447 e. The fourth-order valence-corrected chi connectivity index (χ4v) is 4.68. The van der Waals surface area contributed by atoms with Gasteiger partial charge in [-0.1, -0.05) is 40.7 Å². The second-order valence-corrected chi connectivity index (χ2v) is 9.79. The Kier molecular flexibility index (Phi) is 7.05. The number of rotatable bonds is 7. The summed E-state index contributed by atoms with van der Waals surface area (Å²) in [6, 6.07) is -0.307. The third kappa shape index (κ3) is 4.79. The van der Waals surface area contributed by atoms with E-state index in [1.807, 2.05) is 24.6 Å². The highest BCUT2D eigenvalue weighted by Crippen LogP contribution is 2.29. The van der Waals surface area contributed by atoms with Crippen LogP contribution in [0.2, 0.25) is 0 Å². The van der Waals surface area contributed by atoms with Crippen LogP contribution in [0.4, 0.5) is 4.79 Å². The van der Waals surface area contributed by atoms with E-state index in [0.29, 0.717) is 11.6 Å². The van der Waals surface area contributed by atoms with Gasteiger partial charge in [-0.3, -0.25) is 4.79 Å². The average Bonchev–Trinajstić information content (AvgIpc) is 3.43. The number of carbonyl (C=O) groups excluding carboxylic acids is 2. The van der Waals surface area contributed by atoms with Gasteiger partial charge in [0, 0.05) is 16.7 Å². The predicted octanol–water partition coefficient (Wildman–Crippen LogP) is 4.40. The zero-order chi connectivity index (χ0) is 22.0. The van der Waals surface area contributed by atoms with Crippen molar-refractivity contribution in [2.24, 2.45) is 11.8 Å². The van der Waals surface area contributed by atoms with E-state index in [2.05, 4.69) is 23.8 Å². The van der Waals surface area contributed by atoms with Gasteiger partial charge in [-0.05, 0) is 12.0 Å². The van der Waals surface area contributed by atoms with E-state index in [9.17, 15) is 14.7 Å². The smallest absolute Gasteiger partial charge is 0.416 e. The molecule has 3 atom stereocenters. The summed E-state index contributed by atoms with van der Waals surface area (Å²) in [5.74, 6) is -0.759. The summed E-state index contributed by atoms with van der Waals surface area (Å²) < 4.78 is 5.03. The topological polar surface area (TPSA) is 92.6 Å². The van der Waals surface area contributed by atoms with Gasteiger partial charge in [-0.25, -0.2) is 19.7 Å². The lowest BCUT2D eigenvalue weighted by atomic mass is 9.99. The number of hydrogen-bond donors (Lipinski definition) is 1. The van der Waals surface area contributed by atoms with Crippen LogP contribution in [-0.4, -0.2) is 50.7 Å². The summed E-state index contributed by atoms with van der Waals surface area (Å²) >= 11 is 3.10. The molecule has 1 N–H and O–H groups in total. The number of thiazole rings is 2. The molecule has 0 spiro atoms. The van der Waals surface area contributed by atoms with E-state index in [-0.39, 0.29) is 18.6 Å². The van der Waals surface area contributed by atoms with E-state index >= 15 is 0 Å². The average molecular weight is 450 g/mol. The summed E-state index contributed by atoms with van der Waals surface area (Å²) in [4.78, 5) is 35.1. The maximum atomic E-state index is 12.8. The Morgan fingerprint density at radius 3 is 2.60 bits per heavy atom. The second kappa shape index (κ2) is 9.36. The van der Waals surface area contributed by atoms with Crippen LogP contribution < -0.4 is 0 Å². The Bertz CT molecular complexity index is 934. The molecular weight excluding hydrogens is 422 g/mol.